The highest BCUT2D eigenvalue weighted by molar-refractivity contribution is 7.79. The van der Waals surface area contributed by atoms with Gasteiger partial charge in [0.25, 0.3) is 0 Å². The van der Waals surface area contributed by atoms with E-state index in [1.165, 1.54) is 19.3 Å². The Bertz CT molecular complexity index is 817. The maximum Gasteiger partial charge on any atom is 0.318 e. The van der Waals surface area contributed by atoms with Crippen molar-refractivity contribution >= 4 is 16.4 Å². The van der Waals surface area contributed by atoms with Crippen molar-refractivity contribution in [2.24, 2.45) is 0 Å². The minimum atomic E-state index is -4.92. The van der Waals surface area contributed by atoms with Crippen molar-refractivity contribution in [1.82, 2.24) is 4.90 Å². The van der Waals surface area contributed by atoms with Crippen molar-refractivity contribution in [3.05, 3.63) is 71.8 Å². The molecule has 29 heavy (non-hydrogen) atoms. The Morgan fingerprint density at radius 3 is 1.72 bits per heavy atom. The first-order valence-corrected chi connectivity index (χ1v) is 10.8. The van der Waals surface area contributed by atoms with Crippen molar-refractivity contribution in [1.29, 1.82) is 0 Å². The van der Waals surface area contributed by atoms with Crippen LogP contribution in [0.2, 0.25) is 0 Å². The number of carboxylic acid groups (broad SMARTS) is 1. The van der Waals surface area contributed by atoms with E-state index in [9.17, 15) is 9.90 Å². The molecule has 0 amide bonds. The van der Waals surface area contributed by atoms with Crippen LogP contribution >= 0.6 is 0 Å². The van der Waals surface area contributed by atoms with E-state index < -0.39 is 21.8 Å². The maximum atomic E-state index is 12.5. The molecule has 0 aromatic heterocycles. The van der Waals surface area contributed by atoms with Gasteiger partial charge in [0.05, 0.1) is 0 Å². The monoisotopic (exact) mass is 420 g/mol. The number of benzene rings is 2. The molecular formula is C21H26NO6S-. The molecule has 1 fully saturated rings. The summed E-state index contributed by atoms with van der Waals surface area (Å²) in [6, 6.07) is 19.3. The summed E-state index contributed by atoms with van der Waals surface area (Å²) >= 11 is 0. The Morgan fingerprint density at radius 1 is 0.931 bits per heavy atom. The molecule has 2 aromatic rings. The second kappa shape index (κ2) is 10.5. The lowest BCUT2D eigenvalue weighted by atomic mass is 9.72. The third-order valence-corrected chi connectivity index (χ3v) is 5.15. The van der Waals surface area contributed by atoms with Gasteiger partial charge < -0.3 is 14.6 Å². The van der Waals surface area contributed by atoms with Gasteiger partial charge in [0.1, 0.15) is 5.41 Å². The van der Waals surface area contributed by atoms with E-state index in [1.54, 1.807) is 0 Å². The quantitative estimate of drug-likeness (QED) is 0.545. The molecule has 3 rings (SSSR count). The molecule has 0 unspecified atom stereocenters. The molecule has 1 saturated heterocycles. The fraction of sp³-hybridized carbons (Fsp3) is 0.381. The van der Waals surface area contributed by atoms with Crippen LogP contribution in [-0.4, -0.2) is 53.1 Å². The Morgan fingerprint density at radius 2 is 1.34 bits per heavy atom. The predicted octanol–water partition coefficient (Wildman–Crippen LogP) is 2.94. The normalized spacial score (nSPS) is 15.2. The van der Waals surface area contributed by atoms with Crippen LogP contribution in [0.5, 0.6) is 0 Å². The Balaban J connectivity index is 0.000000537. The van der Waals surface area contributed by atoms with Gasteiger partial charge in [-0.1, -0.05) is 67.1 Å². The second-order valence-electron chi connectivity index (χ2n) is 7.02. The maximum absolute atomic E-state index is 12.5. The predicted molar refractivity (Wildman–Crippen MR) is 109 cm³/mol. The van der Waals surface area contributed by atoms with E-state index >= 15 is 0 Å². The standard InChI is InChI=1S/C21H25NO2.H2O4S/c23-20(24)21(18-10-4-1-5-11-18,19-12-6-2-7-13-19)14-17-22-15-8-3-9-16-22;1-5(2,3)4/h1-2,4-7,10-13H,3,8-9,14-17H2,(H,23,24);(H2,1,2,3,4)/p-1. The van der Waals surface area contributed by atoms with Gasteiger partial charge in [0, 0.05) is 0 Å². The van der Waals surface area contributed by atoms with Gasteiger partial charge in [0.15, 0.2) is 0 Å². The summed E-state index contributed by atoms with van der Waals surface area (Å²) in [5.41, 5.74) is 0.737. The van der Waals surface area contributed by atoms with Gasteiger partial charge in [0.2, 0.25) is 10.4 Å². The molecule has 0 bridgehead atoms. The van der Waals surface area contributed by atoms with Crippen molar-refractivity contribution < 1.29 is 27.4 Å². The van der Waals surface area contributed by atoms with Crippen LogP contribution < -0.4 is 0 Å². The molecular weight excluding hydrogens is 394 g/mol. The lowest BCUT2D eigenvalue weighted by Crippen LogP contribution is -2.42. The molecule has 158 valence electrons. The van der Waals surface area contributed by atoms with Gasteiger partial charge in [-0.3, -0.25) is 9.35 Å². The topological polar surface area (TPSA) is 118 Å². The third-order valence-electron chi connectivity index (χ3n) is 5.15. The smallest absolute Gasteiger partial charge is 0.318 e. The van der Waals surface area contributed by atoms with Gasteiger partial charge in [-0.25, -0.2) is 8.42 Å². The Kier molecular flexibility index (Phi) is 8.33. The van der Waals surface area contributed by atoms with Crippen LogP contribution in [0.4, 0.5) is 0 Å². The van der Waals surface area contributed by atoms with E-state index in [-0.39, 0.29) is 0 Å². The molecule has 2 aromatic carbocycles. The van der Waals surface area contributed by atoms with Crippen molar-refractivity contribution in [3.63, 3.8) is 0 Å². The highest BCUT2D eigenvalue weighted by Crippen LogP contribution is 2.36. The van der Waals surface area contributed by atoms with Crippen molar-refractivity contribution in [2.75, 3.05) is 19.6 Å². The fourth-order valence-electron chi connectivity index (χ4n) is 3.76. The Labute approximate surface area is 171 Å². The van der Waals surface area contributed by atoms with Crippen LogP contribution in [0.1, 0.15) is 36.8 Å². The molecule has 0 atom stereocenters. The lowest BCUT2D eigenvalue weighted by Gasteiger charge is -2.34. The number of hydrogen-bond acceptors (Lipinski definition) is 5. The third kappa shape index (κ3) is 6.93. The van der Waals surface area contributed by atoms with Crippen LogP contribution in [0.3, 0.4) is 0 Å². The zero-order valence-corrected chi connectivity index (χ0v) is 16.9. The van der Waals surface area contributed by atoms with Crippen molar-refractivity contribution in [3.8, 4) is 0 Å². The molecule has 1 heterocycles. The van der Waals surface area contributed by atoms with Gasteiger partial charge in [-0.2, -0.15) is 0 Å². The zero-order chi connectivity index (χ0) is 21.3. The number of hydrogen-bond donors (Lipinski definition) is 2. The van der Waals surface area contributed by atoms with Gasteiger partial charge in [-0.15, -0.1) is 0 Å². The molecule has 8 heteroatoms. The summed E-state index contributed by atoms with van der Waals surface area (Å²) in [5, 5.41) is 10.2. The summed E-state index contributed by atoms with van der Waals surface area (Å²) in [5.74, 6) is -0.767. The number of piperidine rings is 1. The average molecular weight is 421 g/mol. The first-order valence-electron chi connectivity index (χ1n) is 9.48. The molecule has 0 saturated carbocycles. The van der Waals surface area contributed by atoms with Crippen LogP contribution in [0.15, 0.2) is 60.7 Å². The molecule has 0 aliphatic carbocycles. The number of nitrogens with zero attached hydrogens (tertiary/aromatic N) is 1. The summed E-state index contributed by atoms with van der Waals surface area (Å²) in [6.45, 7) is 2.98. The summed E-state index contributed by atoms with van der Waals surface area (Å²) < 4.78 is 32.8. The second-order valence-corrected chi connectivity index (χ2v) is 7.88. The van der Waals surface area contributed by atoms with E-state index in [0.717, 1.165) is 30.8 Å². The van der Waals surface area contributed by atoms with Crippen molar-refractivity contribution in [2.45, 2.75) is 31.1 Å². The molecule has 7 nitrogen and oxygen atoms in total. The molecule has 0 spiro atoms. The van der Waals surface area contributed by atoms with Gasteiger partial charge >= 0.3 is 5.97 Å². The molecule has 1 aliphatic heterocycles. The highest BCUT2D eigenvalue weighted by atomic mass is 32.3. The summed E-state index contributed by atoms with van der Waals surface area (Å²) in [4.78, 5) is 14.9. The van der Waals surface area contributed by atoms with Gasteiger partial charge in [-0.05, 0) is 50.0 Å². The molecule has 1 aliphatic rings. The van der Waals surface area contributed by atoms with Crippen LogP contribution in [-0.2, 0) is 20.6 Å². The fourth-order valence-corrected chi connectivity index (χ4v) is 3.76. The number of rotatable bonds is 6. The number of likely N-dealkylation sites (tertiary alicyclic amines) is 1. The molecule has 0 radical (unpaired) electrons. The Hall–Kier alpha value is -2.26. The number of carboxylic acids is 1. The summed E-state index contributed by atoms with van der Waals surface area (Å²) in [7, 11) is -4.92. The zero-order valence-electron chi connectivity index (χ0n) is 16.1. The minimum absolute atomic E-state index is 0.594. The first kappa shape index (κ1) is 23.0. The van der Waals surface area contributed by atoms with E-state index in [2.05, 4.69) is 4.90 Å². The van der Waals surface area contributed by atoms with E-state index in [1.807, 2.05) is 60.7 Å². The number of carbonyl (C=O) groups is 1. The SMILES string of the molecule is O=C(O)C(CCN1CCCCC1)(c1ccccc1)c1ccccc1.O=S(=O)([O-])O. The lowest BCUT2D eigenvalue weighted by molar-refractivity contribution is -0.142. The molecule has 2 N–H and O–H groups in total. The van der Waals surface area contributed by atoms with Crippen LogP contribution in [0, 0.1) is 0 Å². The highest BCUT2D eigenvalue weighted by Gasteiger charge is 2.42. The van der Waals surface area contributed by atoms with Crippen LogP contribution in [0.25, 0.3) is 0 Å². The first-order chi connectivity index (χ1) is 13.7. The van der Waals surface area contributed by atoms with E-state index in [4.69, 9.17) is 17.5 Å². The average Bonchev–Trinajstić information content (AvgIpc) is 2.69. The van der Waals surface area contributed by atoms with E-state index in [0.29, 0.717) is 6.42 Å². The minimum Gasteiger partial charge on any atom is -0.726 e. The number of aliphatic carboxylic acids is 1. The summed E-state index contributed by atoms with van der Waals surface area (Å²) in [6.07, 6.45) is 4.32. The largest absolute Gasteiger partial charge is 0.726 e.